The minimum atomic E-state index is 0.0307. The normalized spacial score (nSPS) is 10.9. The molecule has 0 saturated carbocycles. The van der Waals surface area contributed by atoms with Gasteiger partial charge in [0, 0.05) is 17.8 Å². The molecule has 0 bridgehead atoms. The van der Waals surface area contributed by atoms with Gasteiger partial charge in [-0.15, -0.1) is 0 Å². The van der Waals surface area contributed by atoms with Gasteiger partial charge in [-0.25, -0.2) is 4.68 Å². The SMILES string of the molecule is Cc1ccc(CNc2cc(-c3ccoc3C)nn2CCO)nc1. The summed E-state index contributed by atoms with van der Waals surface area (Å²) in [5.74, 6) is 1.67. The molecule has 0 saturated heterocycles. The second-order valence-corrected chi connectivity index (χ2v) is 5.43. The van der Waals surface area contributed by atoms with Gasteiger partial charge in [0.1, 0.15) is 11.6 Å². The maximum Gasteiger partial charge on any atom is 0.125 e. The van der Waals surface area contributed by atoms with E-state index in [4.69, 9.17) is 4.42 Å². The van der Waals surface area contributed by atoms with Crippen LogP contribution >= 0.6 is 0 Å². The quantitative estimate of drug-likeness (QED) is 0.732. The second-order valence-electron chi connectivity index (χ2n) is 5.43. The predicted molar refractivity (Wildman–Crippen MR) is 88.1 cm³/mol. The zero-order valence-corrected chi connectivity index (χ0v) is 13.3. The summed E-state index contributed by atoms with van der Waals surface area (Å²) in [6.07, 6.45) is 3.50. The second kappa shape index (κ2) is 6.66. The number of hydrogen-bond donors (Lipinski definition) is 2. The standard InChI is InChI=1S/C17H20N4O2/c1-12-3-4-14(18-10-12)11-19-17-9-16(20-21(17)6-7-22)15-5-8-23-13(15)2/h3-5,8-10,19,22H,6-7,11H2,1-2H3. The average molecular weight is 312 g/mol. The fraction of sp³-hybridized carbons (Fsp3) is 0.294. The van der Waals surface area contributed by atoms with Crippen LogP contribution < -0.4 is 5.32 Å². The molecule has 0 aliphatic carbocycles. The largest absolute Gasteiger partial charge is 0.469 e. The number of aliphatic hydroxyl groups is 1. The number of rotatable bonds is 6. The molecule has 2 N–H and O–H groups in total. The smallest absolute Gasteiger partial charge is 0.125 e. The molecule has 120 valence electrons. The van der Waals surface area contributed by atoms with Crippen molar-refractivity contribution in [2.24, 2.45) is 0 Å². The van der Waals surface area contributed by atoms with Crippen molar-refractivity contribution in [3.8, 4) is 11.3 Å². The van der Waals surface area contributed by atoms with Crippen LogP contribution in [0.25, 0.3) is 11.3 Å². The van der Waals surface area contributed by atoms with E-state index in [0.717, 1.165) is 34.1 Å². The van der Waals surface area contributed by atoms with Crippen LogP contribution in [-0.2, 0) is 13.1 Å². The van der Waals surface area contributed by atoms with Crippen LogP contribution in [0.1, 0.15) is 17.0 Å². The van der Waals surface area contributed by atoms with Crippen molar-refractivity contribution in [2.75, 3.05) is 11.9 Å². The molecule has 6 nitrogen and oxygen atoms in total. The van der Waals surface area contributed by atoms with Gasteiger partial charge in [0.15, 0.2) is 0 Å². The number of pyridine rings is 1. The third-order valence-corrected chi connectivity index (χ3v) is 3.65. The van der Waals surface area contributed by atoms with Crippen LogP contribution in [-0.4, -0.2) is 26.5 Å². The number of anilines is 1. The fourth-order valence-electron chi connectivity index (χ4n) is 2.39. The van der Waals surface area contributed by atoms with E-state index < -0.39 is 0 Å². The van der Waals surface area contributed by atoms with E-state index in [1.54, 1.807) is 10.9 Å². The molecule has 0 aliphatic rings. The van der Waals surface area contributed by atoms with Crippen LogP contribution in [0, 0.1) is 13.8 Å². The third-order valence-electron chi connectivity index (χ3n) is 3.65. The van der Waals surface area contributed by atoms with Crippen molar-refractivity contribution in [3.05, 3.63) is 53.7 Å². The first kappa shape index (κ1) is 15.3. The van der Waals surface area contributed by atoms with Gasteiger partial charge in [0.25, 0.3) is 0 Å². The Balaban J connectivity index is 1.81. The first-order chi connectivity index (χ1) is 11.2. The molecular weight excluding hydrogens is 292 g/mol. The number of hydrogen-bond acceptors (Lipinski definition) is 5. The number of nitrogens with zero attached hydrogens (tertiary/aromatic N) is 3. The number of aliphatic hydroxyl groups excluding tert-OH is 1. The summed E-state index contributed by atoms with van der Waals surface area (Å²) in [7, 11) is 0. The highest BCUT2D eigenvalue weighted by atomic mass is 16.3. The number of furan rings is 1. The van der Waals surface area contributed by atoms with E-state index in [9.17, 15) is 5.11 Å². The summed E-state index contributed by atoms with van der Waals surface area (Å²) in [5.41, 5.74) is 3.87. The first-order valence-electron chi connectivity index (χ1n) is 7.56. The molecule has 0 unspecified atom stereocenters. The van der Waals surface area contributed by atoms with E-state index in [1.165, 1.54) is 0 Å². The summed E-state index contributed by atoms with van der Waals surface area (Å²) >= 11 is 0. The Kier molecular flexibility index (Phi) is 4.43. The lowest BCUT2D eigenvalue weighted by atomic mass is 10.2. The zero-order chi connectivity index (χ0) is 16.2. The highest BCUT2D eigenvalue weighted by Crippen LogP contribution is 2.26. The van der Waals surface area contributed by atoms with E-state index >= 15 is 0 Å². The highest BCUT2D eigenvalue weighted by Gasteiger charge is 2.12. The van der Waals surface area contributed by atoms with Gasteiger partial charge in [-0.05, 0) is 31.5 Å². The van der Waals surface area contributed by atoms with Crippen LogP contribution in [0.3, 0.4) is 0 Å². The molecule has 3 heterocycles. The Morgan fingerprint density at radius 3 is 2.78 bits per heavy atom. The molecule has 3 aromatic rings. The molecule has 0 atom stereocenters. The summed E-state index contributed by atoms with van der Waals surface area (Å²) in [4.78, 5) is 4.38. The molecule has 3 aromatic heterocycles. The van der Waals surface area contributed by atoms with Crippen LogP contribution in [0.5, 0.6) is 0 Å². The van der Waals surface area contributed by atoms with E-state index in [-0.39, 0.29) is 6.61 Å². The summed E-state index contributed by atoms with van der Waals surface area (Å²) in [6.45, 7) is 4.98. The Morgan fingerprint density at radius 2 is 2.13 bits per heavy atom. The van der Waals surface area contributed by atoms with Crippen LogP contribution in [0.4, 0.5) is 5.82 Å². The Labute approximate surface area is 134 Å². The first-order valence-corrected chi connectivity index (χ1v) is 7.56. The summed E-state index contributed by atoms with van der Waals surface area (Å²) in [6, 6.07) is 7.89. The molecule has 0 aromatic carbocycles. The summed E-state index contributed by atoms with van der Waals surface area (Å²) in [5, 5.41) is 17.1. The lowest BCUT2D eigenvalue weighted by Crippen LogP contribution is -2.10. The minimum absolute atomic E-state index is 0.0307. The van der Waals surface area contributed by atoms with Gasteiger partial charge in [0.05, 0.1) is 37.3 Å². The predicted octanol–water partition coefficient (Wildman–Crippen LogP) is 2.76. The molecule has 0 radical (unpaired) electrons. The van der Waals surface area contributed by atoms with E-state index in [2.05, 4.69) is 15.4 Å². The van der Waals surface area contributed by atoms with Crippen molar-refractivity contribution in [3.63, 3.8) is 0 Å². The lowest BCUT2D eigenvalue weighted by molar-refractivity contribution is 0.270. The topological polar surface area (TPSA) is 76.1 Å². The van der Waals surface area contributed by atoms with Crippen molar-refractivity contribution in [1.82, 2.24) is 14.8 Å². The molecule has 3 rings (SSSR count). The van der Waals surface area contributed by atoms with Crippen molar-refractivity contribution in [2.45, 2.75) is 26.9 Å². The number of aryl methyl sites for hydroxylation is 2. The van der Waals surface area contributed by atoms with Crippen LogP contribution in [0.15, 0.2) is 41.1 Å². The van der Waals surface area contributed by atoms with Gasteiger partial charge in [-0.3, -0.25) is 4.98 Å². The van der Waals surface area contributed by atoms with E-state index in [0.29, 0.717) is 13.1 Å². The van der Waals surface area contributed by atoms with Gasteiger partial charge in [0.2, 0.25) is 0 Å². The maximum atomic E-state index is 9.23. The van der Waals surface area contributed by atoms with Gasteiger partial charge in [-0.1, -0.05) is 6.07 Å². The lowest BCUT2D eigenvalue weighted by Gasteiger charge is -2.08. The van der Waals surface area contributed by atoms with Crippen molar-refractivity contribution >= 4 is 5.82 Å². The maximum absolute atomic E-state index is 9.23. The molecule has 0 amide bonds. The number of nitrogens with one attached hydrogen (secondary N) is 1. The van der Waals surface area contributed by atoms with Gasteiger partial charge in [-0.2, -0.15) is 5.10 Å². The van der Waals surface area contributed by atoms with Gasteiger partial charge < -0.3 is 14.8 Å². The Hall–Kier alpha value is -2.60. The number of aromatic nitrogens is 3. The average Bonchev–Trinajstić information content (AvgIpc) is 3.13. The molecule has 0 fully saturated rings. The minimum Gasteiger partial charge on any atom is -0.469 e. The molecule has 0 aliphatic heterocycles. The van der Waals surface area contributed by atoms with Crippen molar-refractivity contribution < 1.29 is 9.52 Å². The molecule has 6 heteroatoms. The van der Waals surface area contributed by atoms with E-state index in [1.807, 2.05) is 44.3 Å². The molecule has 0 spiro atoms. The van der Waals surface area contributed by atoms with Crippen LogP contribution in [0.2, 0.25) is 0 Å². The zero-order valence-electron chi connectivity index (χ0n) is 13.3. The fourth-order valence-corrected chi connectivity index (χ4v) is 2.39. The molecular formula is C17H20N4O2. The van der Waals surface area contributed by atoms with Crippen molar-refractivity contribution in [1.29, 1.82) is 0 Å². The Morgan fingerprint density at radius 1 is 1.26 bits per heavy atom. The monoisotopic (exact) mass is 312 g/mol. The van der Waals surface area contributed by atoms with Gasteiger partial charge >= 0.3 is 0 Å². The summed E-state index contributed by atoms with van der Waals surface area (Å²) < 4.78 is 7.10. The highest BCUT2D eigenvalue weighted by molar-refractivity contribution is 5.64. The molecule has 23 heavy (non-hydrogen) atoms. The third kappa shape index (κ3) is 3.43. The Bertz CT molecular complexity index is 774.